The van der Waals surface area contributed by atoms with Gasteiger partial charge in [0.1, 0.15) is 0 Å². The second kappa shape index (κ2) is 18.9. The van der Waals surface area contributed by atoms with Gasteiger partial charge in [0.15, 0.2) is 5.54 Å². The molecule has 0 aromatic rings. The molecule has 0 heterocycles. The van der Waals surface area contributed by atoms with Crippen molar-refractivity contribution in [2.24, 2.45) is 21.8 Å². The minimum absolute atomic E-state index is 0.222. The molecule has 0 spiro atoms. The smallest absolute Gasteiger partial charge is 0.332 e. The zero-order valence-electron chi connectivity index (χ0n) is 22.9. The molecule has 0 aromatic heterocycles. The van der Waals surface area contributed by atoms with Crippen LogP contribution in [0.1, 0.15) is 130 Å². The van der Waals surface area contributed by atoms with E-state index < -0.39 is 23.0 Å². The Morgan fingerprint density at radius 1 is 0.667 bits per heavy atom. The zero-order valence-corrected chi connectivity index (χ0v) is 22.9. The number of carboxylic acid groups (broad SMARTS) is 2. The molecule has 0 bridgehead atoms. The quantitative estimate of drug-likeness (QED) is 0.0879. The summed E-state index contributed by atoms with van der Waals surface area (Å²) in [4.78, 5) is 53.4. The van der Waals surface area contributed by atoms with Gasteiger partial charge in [-0.3, -0.25) is 4.79 Å². The van der Waals surface area contributed by atoms with Gasteiger partial charge in [-0.25, -0.2) is 14.4 Å². The maximum absolute atomic E-state index is 12.0. The number of carboxylic acids is 2. The van der Waals surface area contributed by atoms with Crippen LogP contribution in [0.5, 0.6) is 0 Å². The minimum Gasteiger partial charge on any atom is -0.481 e. The van der Waals surface area contributed by atoms with Gasteiger partial charge in [0.2, 0.25) is 12.2 Å². The average Bonchev–Trinajstić information content (AvgIpc) is 2.77. The highest BCUT2D eigenvalue weighted by Crippen LogP contribution is 2.32. The summed E-state index contributed by atoms with van der Waals surface area (Å²) in [6, 6.07) is 0. The van der Waals surface area contributed by atoms with E-state index in [9.17, 15) is 29.4 Å². The molecule has 0 fully saturated rings. The molecule has 0 saturated heterocycles. The molecular formula is C28H48N2O6. The number of rotatable bonds is 23. The summed E-state index contributed by atoms with van der Waals surface area (Å²) in [5.41, 5.74) is -2.44. The van der Waals surface area contributed by atoms with Crippen molar-refractivity contribution in [3.8, 4) is 0 Å². The monoisotopic (exact) mass is 508 g/mol. The fourth-order valence-corrected chi connectivity index (χ4v) is 4.80. The predicted molar refractivity (Wildman–Crippen MR) is 141 cm³/mol. The van der Waals surface area contributed by atoms with Crippen LogP contribution in [0.25, 0.3) is 0 Å². The van der Waals surface area contributed by atoms with Crippen molar-refractivity contribution < 1.29 is 29.4 Å². The summed E-state index contributed by atoms with van der Waals surface area (Å²) in [6.07, 6.45) is 13.6. The van der Waals surface area contributed by atoms with Gasteiger partial charge in [0, 0.05) is 0 Å². The highest BCUT2D eigenvalue weighted by molar-refractivity contribution is 5.80. The van der Waals surface area contributed by atoms with E-state index in [1.807, 2.05) is 0 Å². The molecule has 0 saturated carbocycles. The van der Waals surface area contributed by atoms with Crippen LogP contribution in [0, 0.1) is 11.8 Å². The van der Waals surface area contributed by atoms with Crippen molar-refractivity contribution >= 4 is 24.1 Å². The van der Waals surface area contributed by atoms with Crippen LogP contribution in [0.3, 0.4) is 0 Å². The number of hydrogen-bond acceptors (Lipinski definition) is 6. The van der Waals surface area contributed by atoms with Crippen molar-refractivity contribution in [3.05, 3.63) is 0 Å². The summed E-state index contributed by atoms with van der Waals surface area (Å²) in [5, 5.41) is 19.3. The standard InChI is InChI=1S/C28H48N2O6/c1-23(2)14-8-5-10-16-27(29-21-31,20-25(33)34)17-11-7-13-19-28(26(35)36,30-22-32)18-12-6-9-15-24(3)4/h23-24H,5-20H2,1-4H3,(H,33,34)(H,35,36). The lowest BCUT2D eigenvalue weighted by Gasteiger charge is -2.27. The van der Waals surface area contributed by atoms with Gasteiger partial charge in [0.05, 0.1) is 12.0 Å². The van der Waals surface area contributed by atoms with Gasteiger partial charge in [-0.05, 0) is 37.5 Å². The first-order valence-corrected chi connectivity index (χ1v) is 13.7. The molecule has 8 heteroatoms. The van der Waals surface area contributed by atoms with Crippen molar-refractivity contribution in [2.45, 2.75) is 142 Å². The van der Waals surface area contributed by atoms with Crippen LogP contribution in [-0.2, 0) is 19.2 Å². The molecular weight excluding hydrogens is 460 g/mol. The molecule has 0 aliphatic carbocycles. The number of nitrogens with zero attached hydrogens (tertiary/aromatic N) is 2. The number of aliphatic carboxylic acids is 2. The highest BCUT2D eigenvalue weighted by Gasteiger charge is 2.38. The second-order valence-corrected chi connectivity index (χ2v) is 11.1. The molecule has 0 aliphatic heterocycles. The van der Waals surface area contributed by atoms with Crippen LogP contribution in [-0.4, -0.2) is 45.4 Å². The first-order valence-electron chi connectivity index (χ1n) is 13.7. The Bertz CT molecular complexity index is 736. The molecule has 206 valence electrons. The average molecular weight is 509 g/mol. The normalized spacial score (nSPS) is 14.5. The van der Waals surface area contributed by atoms with Gasteiger partial charge in [-0.2, -0.15) is 9.98 Å². The van der Waals surface area contributed by atoms with E-state index in [1.165, 1.54) is 6.08 Å². The van der Waals surface area contributed by atoms with Gasteiger partial charge < -0.3 is 10.2 Å². The van der Waals surface area contributed by atoms with Crippen molar-refractivity contribution in [1.29, 1.82) is 0 Å². The Kier molecular flexibility index (Phi) is 17.7. The maximum Gasteiger partial charge on any atom is 0.332 e. The zero-order chi connectivity index (χ0) is 27.5. The SMILES string of the molecule is CC(C)CCCCCC(CCCCCC(CCCCCC(C)C)(N=C=O)C(=O)O)(CC(=O)O)N=C=O. The lowest BCUT2D eigenvalue weighted by Crippen LogP contribution is -2.36. The Morgan fingerprint density at radius 3 is 1.44 bits per heavy atom. The van der Waals surface area contributed by atoms with E-state index in [-0.39, 0.29) is 12.8 Å². The Balaban J connectivity index is 4.98. The van der Waals surface area contributed by atoms with E-state index in [4.69, 9.17) is 0 Å². The van der Waals surface area contributed by atoms with Crippen LogP contribution in [0.4, 0.5) is 0 Å². The van der Waals surface area contributed by atoms with E-state index in [0.29, 0.717) is 56.8 Å². The molecule has 0 rings (SSSR count). The van der Waals surface area contributed by atoms with Gasteiger partial charge >= 0.3 is 11.9 Å². The summed E-state index contributed by atoms with van der Waals surface area (Å²) in [7, 11) is 0. The lowest BCUT2D eigenvalue weighted by molar-refractivity contribution is -0.144. The van der Waals surface area contributed by atoms with E-state index in [1.54, 1.807) is 6.08 Å². The van der Waals surface area contributed by atoms with Gasteiger partial charge in [-0.1, -0.05) is 98.3 Å². The van der Waals surface area contributed by atoms with E-state index in [2.05, 4.69) is 37.7 Å². The number of carbonyl (C=O) groups excluding carboxylic acids is 2. The van der Waals surface area contributed by atoms with Crippen LogP contribution in [0.2, 0.25) is 0 Å². The van der Waals surface area contributed by atoms with Gasteiger partial charge in [-0.15, -0.1) is 0 Å². The molecule has 0 amide bonds. The Morgan fingerprint density at radius 2 is 1.08 bits per heavy atom. The Labute approximate surface area is 217 Å². The number of carbonyl (C=O) groups is 2. The molecule has 2 unspecified atom stereocenters. The molecule has 0 radical (unpaired) electrons. The molecule has 8 nitrogen and oxygen atoms in total. The molecule has 36 heavy (non-hydrogen) atoms. The third kappa shape index (κ3) is 15.0. The highest BCUT2D eigenvalue weighted by atomic mass is 16.4. The third-order valence-electron chi connectivity index (χ3n) is 6.95. The number of isocyanates is 2. The number of unbranched alkanes of at least 4 members (excludes halogenated alkanes) is 6. The van der Waals surface area contributed by atoms with Crippen LogP contribution >= 0.6 is 0 Å². The lowest BCUT2D eigenvalue weighted by atomic mass is 9.82. The van der Waals surface area contributed by atoms with Crippen molar-refractivity contribution in [2.75, 3.05) is 0 Å². The summed E-state index contributed by atoms with van der Waals surface area (Å²) in [5.74, 6) is -0.900. The van der Waals surface area contributed by atoms with E-state index >= 15 is 0 Å². The topological polar surface area (TPSA) is 133 Å². The second-order valence-electron chi connectivity index (χ2n) is 11.1. The fraction of sp³-hybridized carbons (Fsp3) is 0.857. The van der Waals surface area contributed by atoms with Crippen molar-refractivity contribution in [1.82, 2.24) is 0 Å². The molecule has 2 atom stereocenters. The molecule has 0 aromatic carbocycles. The molecule has 2 N–H and O–H groups in total. The fourth-order valence-electron chi connectivity index (χ4n) is 4.80. The van der Waals surface area contributed by atoms with Crippen LogP contribution < -0.4 is 0 Å². The van der Waals surface area contributed by atoms with Gasteiger partial charge in [0.25, 0.3) is 0 Å². The molecule has 0 aliphatic rings. The van der Waals surface area contributed by atoms with Crippen LogP contribution in [0.15, 0.2) is 9.98 Å². The summed E-state index contributed by atoms with van der Waals surface area (Å²) in [6.45, 7) is 8.63. The van der Waals surface area contributed by atoms with E-state index in [0.717, 1.165) is 44.9 Å². The first kappa shape index (κ1) is 33.7. The van der Waals surface area contributed by atoms with Crippen molar-refractivity contribution in [3.63, 3.8) is 0 Å². The first-order chi connectivity index (χ1) is 17.0. The maximum atomic E-state index is 12.0. The summed E-state index contributed by atoms with van der Waals surface area (Å²) < 4.78 is 0. The minimum atomic E-state index is -1.46. The predicted octanol–water partition coefficient (Wildman–Crippen LogP) is 6.86. The number of hydrogen-bond donors (Lipinski definition) is 2. The summed E-state index contributed by atoms with van der Waals surface area (Å²) >= 11 is 0. The Hall–Kier alpha value is -2.30. The largest absolute Gasteiger partial charge is 0.481 e. The number of aliphatic imine (C=N–C) groups is 2. The third-order valence-corrected chi connectivity index (χ3v) is 6.95.